The lowest BCUT2D eigenvalue weighted by molar-refractivity contribution is -0.262. The number of rotatable bonds is 27. The molecule has 0 aromatic heterocycles. The van der Waals surface area contributed by atoms with Gasteiger partial charge < -0.3 is 0 Å². The van der Waals surface area contributed by atoms with Gasteiger partial charge in [0.15, 0.2) is 0 Å². The van der Waals surface area contributed by atoms with Crippen molar-refractivity contribution in [2.24, 2.45) is 112 Å². The molecule has 9 aliphatic carbocycles. The van der Waals surface area contributed by atoms with Crippen LogP contribution in [0.3, 0.4) is 0 Å². The second kappa shape index (κ2) is 31.4. The van der Waals surface area contributed by atoms with Gasteiger partial charge in [-0.2, -0.15) is 0 Å². The SMILES string of the molecule is CCCC(CC)CCCCCC(CC)CCCCCCCCCCCCCCCCC1(C)CCC2C1[C@@](C)(I)[C@H](I)CC1C(CC3C(CC4C(C[C@@H](I)[C@H]2I)C2C5CCC5C42)[C@](C)(I)[C@@H](I)CC[C@H](I)[C@@H]3I)C2C3CCC3C12. The molecule has 0 amide bonds. The molecule has 0 bridgehead atoms. The van der Waals surface area contributed by atoms with Crippen LogP contribution >= 0.6 is 181 Å². The van der Waals surface area contributed by atoms with Gasteiger partial charge in [0, 0.05) is 30.4 Å². The van der Waals surface area contributed by atoms with E-state index in [0.29, 0.717) is 12.3 Å². The number of hydrogen-bond donors (Lipinski definition) is 0. The molecule has 452 valence electrons. The molecule has 0 heterocycles. The first kappa shape index (κ1) is 68.2. The van der Waals surface area contributed by atoms with E-state index < -0.39 is 0 Å². The van der Waals surface area contributed by atoms with E-state index in [1.807, 2.05) is 0 Å². The van der Waals surface area contributed by atoms with Crippen LogP contribution in [0.4, 0.5) is 0 Å². The first-order valence-corrected chi connectivity index (χ1v) is 44.3. The van der Waals surface area contributed by atoms with Crippen LogP contribution in [-0.2, 0) is 0 Å². The van der Waals surface area contributed by atoms with Crippen molar-refractivity contribution < 1.29 is 0 Å². The van der Waals surface area contributed by atoms with E-state index in [1.54, 1.807) is 38.5 Å². The Balaban J connectivity index is 0.754. The van der Waals surface area contributed by atoms with Crippen LogP contribution in [-0.4, -0.2) is 30.4 Å². The molecule has 0 aromatic rings. The smallest absolute Gasteiger partial charge is 0.0348 e. The number of fused-ring (bicyclic) bond motifs is 16. The third-order valence-electron chi connectivity index (χ3n) is 26.5. The first-order chi connectivity index (χ1) is 37.5. The number of alkyl halides is 8. The van der Waals surface area contributed by atoms with Gasteiger partial charge in [0.2, 0.25) is 0 Å². The Hall–Kier alpha value is 5.84. The molecule has 78 heavy (non-hydrogen) atoms. The minimum atomic E-state index is 0.349. The molecule has 9 aliphatic rings. The maximum atomic E-state index is 3.19. The molecule has 27 atom stereocenters. The Kier molecular flexibility index (Phi) is 27.5. The summed E-state index contributed by atoms with van der Waals surface area (Å²) in [5.74, 6) is 18.4. The largest absolute Gasteiger partial charge is 0.0815 e. The van der Waals surface area contributed by atoms with Gasteiger partial charge >= 0.3 is 0 Å². The summed E-state index contributed by atoms with van der Waals surface area (Å²) in [5.41, 5.74) is 0.490. The molecule has 0 aliphatic heterocycles. The highest BCUT2D eigenvalue weighted by molar-refractivity contribution is 14.1. The molecule has 0 nitrogen and oxygen atoms in total. The van der Waals surface area contributed by atoms with Gasteiger partial charge in [-0.15, -0.1) is 0 Å². The molecule has 0 radical (unpaired) electrons. The fourth-order valence-corrected chi connectivity index (χ4v) is 30.2. The van der Waals surface area contributed by atoms with Crippen LogP contribution in [0, 0.1) is 112 Å². The molecule has 0 aromatic carbocycles. The van der Waals surface area contributed by atoms with E-state index in [0.717, 1.165) is 130 Å². The fourth-order valence-electron chi connectivity index (χ4n) is 21.7. The van der Waals surface area contributed by atoms with Gasteiger partial charge in [-0.3, -0.25) is 0 Å². The Morgan fingerprint density at radius 2 is 0.795 bits per heavy atom. The van der Waals surface area contributed by atoms with E-state index in [9.17, 15) is 0 Å². The van der Waals surface area contributed by atoms with Crippen molar-refractivity contribution >= 4 is 181 Å². The second-order valence-corrected chi connectivity index (χ2v) is 44.3. The summed E-state index contributed by atoms with van der Waals surface area (Å²) in [5, 5.41) is 0. The third-order valence-corrected chi connectivity index (χ3v) is 44.5. The van der Waals surface area contributed by atoms with Crippen LogP contribution in [0.5, 0.6) is 0 Å². The van der Waals surface area contributed by atoms with Gasteiger partial charge in [-0.25, -0.2) is 0 Å². The maximum Gasteiger partial charge on any atom is 0.0348 e. The highest BCUT2D eigenvalue weighted by Gasteiger charge is 2.72. The predicted molar refractivity (Wildman–Crippen MR) is 410 cm³/mol. The standard InChI is InChI=1S/C70H116I8/c1-7-27-44(8-2)28-24-22-25-30-45(9-3)29-23-20-18-16-14-12-10-11-13-15-17-19-21-26-38-68(4)39-37-50-65(75)58(72)42-53-52(62-47-32-33-48(47)63(53)62)41-56-55(66(76)57(71)35-36-59(73)69(56,5)77)40-51-54(43-60(74)70(6,78)67(50)68)64-49-34-31-46(49)61(51)64/h44-67H,7-43H2,1-6H3/t44?,45?,46?,47?,48?,49?,50?,51?,52?,53?,54?,55?,56?,57-,58+,59-,60+,61?,62?,63?,64?,65-,66+,67?,68?,69-,70-/m0/s1. The Morgan fingerprint density at radius 1 is 0.372 bits per heavy atom. The molecule has 0 spiro atoms. The lowest BCUT2D eigenvalue weighted by atomic mass is 9.30. The van der Waals surface area contributed by atoms with Crippen molar-refractivity contribution in [1.29, 1.82) is 0 Å². The monoisotopic (exact) mass is 1970 g/mol. The quantitative estimate of drug-likeness (QED) is 0.0437. The van der Waals surface area contributed by atoms with Gasteiger partial charge in [-0.05, 0) is 209 Å². The van der Waals surface area contributed by atoms with Crippen LogP contribution < -0.4 is 0 Å². The summed E-state index contributed by atoms with van der Waals surface area (Å²) >= 11 is 24.8. The summed E-state index contributed by atoms with van der Waals surface area (Å²) < 4.78 is 5.61. The summed E-state index contributed by atoms with van der Waals surface area (Å²) in [4.78, 5) is 0. The van der Waals surface area contributed by atoms with Crippen molar-refractivity contribution in [3.8, 4) is 0 Å². The molecule has 9 saturated carbocycles. The summed E-state index contributed by atoms with van der Waals surface area (Å²) in [6.45, 7) is 15.7. The van der Waals surface area contributed by atoms with E-state index in [2.05, 4.69) is 222 Å². The highest BCUT2D eigenvalue weighted by Crippen LogP contribution is 2.77. The zero-order chi connectivity index (χ0) is 55.5. The molecule has 8 heteroatoms. The Labute approximate surface area is 593 Å². The zero-order valence-corrected chi connectivity index (χ0v) is 67.8. The van der Waals surface area contributed by atoms with Crippen molar-refractivity contribution in [2.45, 2.75) is 310 Å². The van der Waals surface area contributed by atoms with E-state index in [4.69, 9.17) is 0 Å². The topological polar surface area (TPSA) is 0 Å². The minimum Gasteiger partial charge on any atom is -0.0815 e. The van der Waals surface area contributed by atoms with Crippen molar-refractivity contribution in [2.75, 3.05) is 0 Å². The lowest BCUT2D eigenvalue weighted by Crippen LogP contribution is -2.70. The number of halogens is 8. The lowest BCUT2D eigenvalue weighted by Gasteiger charge is -2.75. The number of hydrogen-bond acceptors (Lipinski definition) is 0. The molecule has 0 N–H and O–H groups in total. The number of unbranched alkanes of at least 4 members (excludes halogenated alkanes) is 15. The van der Waals surface area contributed by atoms with E-state index in [1.165, 1.54) is 199 Å². The maximum absolute atomic E-state index is 3.19. The summed E-state index contributed by atoms with van der Waals surface area (Å²) in [6.07, 6.45) is 55.2. The minimum absolute atomic E-state index is 0.349. The molecule has 9 rings (SSSR count). The van der Waals surface area contributed by atoms with Crippen molar-refractivity contribution in [3.63, 3.8) is 0 Å². The van der Waals surface area contributed by atoms with Gasteiger partial charge in [-0.1, -0.05) is 363 Å². The second-order valence-electron chi connectivity index (χ2n) is 30.5. The van der Waals surface area contributed by atoms with Crippen molar-refractivity contribution in [1.82, 2.24) is 0 Å². The van der Waals surface area contributed by atoms with Gasteiger partial charge in [0.05, 0.1) is 0 Å². The normalized spacial score (nSPS) is 47.3. The molecule has 0 saturated heterocycles. The first-order valence-electron chi connectivity index (χ1n) is 34.7. The zero-order valence-electron chi connectivity index (χ0n) is 50.5. The average molecular weight is 1970 g/mol. The molecule has 19 unspecified atom stereocenters. The molecular weight excluding hydrogens is 1860 g/mol. The third kappa shape index (κ3) is 15.2. The van der Waals surface area contributed by atoms with Crippen LogP contribution in [0.15, 0.2) is 0 Å². The predicted octanol–water partition coefficient (Wildman–Crippen LogP) is 25.9. The van der Waals surface area contributed by atoms with Crippen LogP contribution in [0.25, 0.3) is 0 Å². The Bertz CT molecular complexity index is 1800. The van der Waals surface area contributed by atoms with E-state index >= 15 is 0 Å². The van der Waals surface area contributed by atoms with Gasteiger partial charge in [0.25, 0.3) is 0 Å². The average Bonchev–Trinajstić information content (AvgIpc) is 2.63. The van der Waals surface area contributed by atoms with Crippen LogP contribution in [0.1, 0.15) is 279 Å². The molecular formula is C70H116I8. The molecule has 9 fully saturated rings. The highest BCUT2D eigenvalue weighted by atomic mass is 127. The fraction of sp³-hybridized carbons (Fsp3) is 1.00. The van der Waals surface area contributed by atoms with Gasteiger partial charge in [0.1, 0.15) is 0 Å². The van der Waals surface area contributed by atoms with E-state index in [-0.39, 0.29) is 0 Å². The van der Waals surface area contributed by atoms with Crippen LogP contribution in [0.2, 0.25) is 0 Å². The summed E-state index contributed by atoms with van der Waals surface area (Å²) in [6, 6.07) is 0. The summed E-state index contributed by atoms with van der Waals surface area (Å²) in [7, 11) is 0. The van der Waals surface area contributed by atoms with Crippen molar-refractivity contribution in [3.05, 3.63) is 0 Å². The Morgan fingerprint density at radius 3 is 1.28 bits per heavy atom.